The number of benzene rings is 1. The second kappa shape index (κ2) is 5.76. The van der Waals surface area contributed by atoms with Gasteiger partial charge in [0.05, 0.1) is 24.5 Å². The Morgan fingerprint density at radius 2 is 2.13 bits per heavy atom. The summed E-state index contributed by atoms with van der Waals surface area (Å²) in [6, 6.07) is 12.8. The average Bonchev–Trinajstić information content (AvgIpc) is 3.06. The summed E-state index contributed by atoms with van der Waals surface area (Å²) in [4.78, 5) is 6.79. The number of nitrogens with zero attached hydrogens (tertiary/aromatic N) is 5. The van der Waals surface area contributed by atoms with Gasteiger partial charge in [0.2, 0.25) is 0 Å². The van der Waals surface area contributed by atoms with Crippen LogP contribution in [-0.2, 0) is 6.54 Å². The largest absolute Gasteiger partial charge is 0.372 e. The molecule has 4 rings (SSSR count). The number of para-hydroxylation sites is 1. The highest BCUT2D eigenvalue weighted by Crippen LogP contribution is 2.37. The molecule has 1 fully saturated rings. The van der Waals surface area contributed by atoms with Crippen molar-refractivity contribution in [2.24, 2.45) is 10.9 Å². The molecule has 1 saturated heterocycles. The zero-order valence-electron chi connectivity index (χ0n) is 12.8. The molecule has 6 heteroatoms. The first-order valence-electron chi connectivity index (χ1n) is 7.90. The van der Waals surface area contributed by atoms with Crippen molar-refractivity contribution in [3.63, 3.8) is 0 Å². The van der Waals surface area contributed by atoms with E-state index in [-0.39, 0.29) is 12.1 Å². The van der Waals surface area contributed by atoms with E-state index in [1.54, 1.807) is 6.34 Å². The number of aromatic nitrogens is 2. The van der Waals surface area contributed by atoms with Gasteiger partial charge in [0.25, 0.3) is 0 Å². The van der Waals surface area contributed by atoms with E-state index >= 15 is 0 Å². The van der Waals surface area contributed by atoms with Gasteiger partial charge in [-0.25, -0.2) is 9.67 Å². The maximum atomic E-state index is 9.36. The number of piperidine rings is 1. The molecule has 0 radical (unpaired) electrons. The molecule has 2 atom stereocenters. The molecular formula is C17H18N6. The van der Waals surface area contributed by atoms with E-state index in [1.165, 1.54) is 0 Å². The van der Waals surface area contributed by atoms with Crippen molar-refractivity contribution < 1.29 is 0 Å². The van der Waals surface area contributed by atoms with Gasteiger partial charge in [-0.2, -0.15) is 10.4 Å². The van der Waals surface area contributed by atoms with Gasteiger partial charge in [-0.15, -0.1) is 0 Å². The Bertz CT molecular complexity index is 757. The van der Waals surface area contributed by atoms with E-state index in [1.807, 2.05) is 29.1 Å². The number of hydrogen-bond acceptors (Lipinski definition) is 5. The van der Waals surface area contributed by atoms with Crippen molar-refractivity contribution in [2.75, 3.05) is 11.4 Å². The fraction of sp³-hybridized carbons (Fsp3) is 0.353. The van der Waals surface area contributed by atoms with Crippen LogP contribution in [0.1, 0.15) is 24.6 Å². The minimum absolute atomic E-state index is 0.0230. The Labute approximate surface area is 135 Å². The molecule has 0 spiro atoms. The molecule has 6 nitrogen and oxygen atoms in total. The molecule has 3 heterocycles. The lowest BCUT2D eigenvalue weighted by molar-refractivity contribution is 0.311. The average molecular weight is 306 g/mol. The zero-order valence-corrected chi connectivity index (χ0v) is 12.8. The van der Waals surface area contributed by atoms with E-state index in [9.17, 15) is 5.26 Å². The third-order valence-electron chi connectivity index (χ3n) is 4.54. The molecule has 1 aromatic carbocycles. The molecule has 2 aromatic rings. The lowest BCUT2D eigenvalue weighted by atomic mass is 9.95. The summed E-state index contributed by atoms with van der Waals surface area (Å²) in [5.74, 6) is 0.957. The van der Waals surface area contributed by atoms with Gasteiger partial charge < -0.3 is 10.2 Å². The van der Waals surface area contributed by atoms with Crippen molar-refractivity contribution in [2.45, 2.75) is 25.6 Å². The summed E-state index contributed by atoms with van der Waals surface area (Å²) in [5.41, 5.74) is 2.26. The first-order valence-corrected chi connectivity index (χ1v) is 7.90. The van der Waals surface area contributed by atoms with Crippen LogP contribution in [0, 0.1) is 17.2 Å². The molecular weight excluding hydrogens is 288 g/mol. The molecule has 0 amide bonds. The number of anilines is 1. The van der Waals surface area contributed by atoms with E-state index in [0.717, 1.165) is 43.0 Å². The Kier molecular flexibility index (Phi) is 3.46. The predicted molar refractivity (Wildman–Crippen MR) is 88.4 cm³/mol. The molecule has 0 saturated carbocycles. The lowest BCUT2D eigenvalue weighted by Gasteiger charge is -2.39. The summed E-state index contributed by atoms with van der Waals surface area (Å²) < 4.78 is 1.98. The van der Waals surface area contributed by atoms with Gasteiger partial charge in [0, 0.05) is 30.8 Å². The topological polar surface area (TPSA) is 69.2 Å². The first kappa shape index (κ1) is 13.8. The minimum Gasteiger partial charge on any atom is -0.372 e. The number of hydrogen-bond donors (Lipinski definition) is 1. The van der Waals surface area contributed by atoms with E-state index in [0.29, 0.717) is 0 Å². The fourth-order valence-corrected chi connectivity index (χ4v) is 3.35. The van der Waals surface area contributed by atoms with E-state index in [2.05, 4.69) is 38.5 Å². The summed E-state index contributed by atoms with van der Waals surface area (Å²) in [7, 11) is 0. The van der Waals surface area contributed by atoms with Crippen LogP contribution < -0.4 is 10.2 Å². The van der Waals surface area contributed by atoms with Gasteiger partial charge in [0.15, 0.2) is 5.82 Å². The first-order chi connectivity index (χ1) is 11.4. The Hall–Kier alpha value is -2.81. The van der Waals surface area contributed by atoms with Crippen LogP contribution in [0.5, 0.6) is 0 Å². The van der Waals surface area contributed by atoms with Gasteiger partial charge >= 0.3 is 0 Å². The van der Waals surface area contributed by atoms with Crippen LogP contribution in [0.25, 0.3) is 0 Å². The van der Waals surface area contributed by atoms with Crippen molar-refractivity contribution >= 4 is 17.8 Å². The zero-order chi connectivity index (χ0) is 15.6. The third-order valence-corrected chi connectivity index (χ3v) is 4.54. The SMILES string of the molecule is N#CC1CCN(c2ccccc2)C(n2ncc3c2N=CNC3)C1. The number of nitriles is 1. The number of nitrogens with one attached hydrogen (secondary N) is 1. The number of aliphatic imine (C=N–C) groups is 1. The minimum atomic E-state index is 0.0230. The number of rotatable bonds is 2. The van der Waals surface area contributed by atoms with Crippen LogP contribution in [0.15, 0.2) is 41.5 Å². The standard InChI is InChI=1S/C17H18N6/c18-9-13-6-7-22(15-4-2-1-3-5-15)16(8-13)23-17-14(11-21-23)10-19-12-20-17/h1-5,11-13,16H,6-8,10H2,(H,19,20). The normalized spacial score (nSPS) is 23.0. The fourth-order valence-electron chi connectivity index (χ4n) is 3.35. The van der Waals surface area contributed by atoms with E-state index < -0.39 is 0 Å². The van der Waals surface area contributed by atoms with Crippen LogP contribution in [0.3, 0.4) is 0 Å². The molecule has 1 aromatic heterocycles. The molecule has 1 N–H and O–H groups in total. The molecule has 2 aliphatic heterocycles. The highest BCUT2D eigenvalue weighted by atomic mass is 15.4. The number of fused-ring (bicyclic) bond motifs is 1. The van der Waals surface area contributed by atoms with Crippen molar-refractivity contribution in [3.05, 3.63) is 42.1 Å². The predicted octanol–water partition coefficient (Wildman–Crippen LogP) is 2.58. The van der Waals surface area contributed by atoms with Gasteiger partial charge in [-0.05, 0) is 18.6 Å². The van der Waals surface area contributed by atoms with Crippen LogP contribution in [0.2, 0.25) is 0 Å². The molecule has 116 valence electrons. The Morgan fingerprint density at radius 3 is 2.96 bits per heavy atom. The van der Waals surface area contributed by atoms with Crippen LogP contribution in [0.4, 0.5) is 11.5 Å². The smallest absolute Gasteiger partial charge is 0.159 e. The summed E-state index contributed by atoms with van der Waals surface area (Å²) in [5, 5.41) is 17.1. The highest BCUT2D eigenvalue weighted by Gasteiger charge is 2.32. The maximum Gasteiger partial charge on any atom is 0.159 e. The Morgan fingerprint density at radius 1 is 1.26 bits per heavy atom. The molecule has 2 aliphatic rings. The third kappa shape index (κ3) is 2.44. The molecule has 2 unspecified atom stereocenters. The van der Waals surface area contributed by atoms with Gasteiger partial charge in [-0.3, -0.25) is 0 Å². The summed E-state index contributed by atoms with van der Waals surface area (Å²) in [6.45, 7) is 1.60. The lowest BCUT2D eigenvalue weighted by Crippen LogP contribution is -2.40. The summed E-state index contributed by atoms with van der Waals surface area (Å²) in [6.07, 6.45) is 5.27. The second-order valence-corrected chi connectivity index (χ2v) is 5.94. The monoisotopic (exact) mass is 306 g/mol. The van der Waals surface area contributed by atoms with Crippen LogP contribution in [-0.4, -0.2) is 22.7 Å². The second-order valence-electron chi connectivity index (χ2n) is 5.94. The van der Waals surface area contributed by atoms with Gasteiger partial charge in [-0.1, -0.05) is 18.2 Å². The van der Waals surface area contributed by atoms with Crippen LogP contribution >= 0.6 is 0 Å². The highest BCUT2D eigenvalue weighted by molar-refractivity contribution is 5.64. The van der Waals surface area contributed by atoms with E-state index in [4.69, 9.17) is 0 Å². The molecule has 23 heavy (non-hydrogen) atoms. The van der Waals surface area contributed by atoms with Crippen molar-refractivity contribution in [1.82, 2.24) is 15.1 Å². The quantitative estimate of drug-likeness (QED) is 0.926. The van der Waals surface area contributed by atoms with Gasteiger partial charge in [0.1, 0.15) is 6.17 Å². The molecule has 0 bridgehead atoms. The van der Waals surface area contributed by atoms with Crippen molar-refractivity contribution in [3.8, 4) is 6.07 Å². The summed E-state index contributed by atoms with van der Waals surface area (Å²) >= 11 is 0. The maximum absolute atomic E-state index is 9.36. The Balaban J connectivity index is 1.74. The molecule has 0 aliphatic carbocycles. The van der Waals surface area contributed by atoms with Crippen molar-refractivity contribution in [1.29, 1.82) is 5.26 Å².